The zero-order chi connectivity index (χ0) is 21.6. The van der Waals surface area contributed by atoms with E-state index >= 15 is 0 Å². The van der Waals surface area contributed by atoms with E-state index in [1.165, 1.54) is 30.5 Å². The predicted molar refractivity (Wildman–Crippen MR) is 114 cm³/mol. The molecule has 0 bridgehead atoms. The first-order valence-corrected chi connectivity index (χ1v) is 10.1. The van der Waals surface area contributed by atoms with Gasteiger partial charge < -0.3 is 14.6 Å². The lowest BCUT2D eigenvalue weighted by Gasteiger charge is -2.34. The Hall–Kier alpha value is -3.52. The van der Waals surface area contributed by atoms with Crippen LogP contribution in [0.5, 0.6) is 0 Å². The molecule has 2 amide bonds. The SMILES string of the molecule is O=C(CN1CCN(C(=O)Cc2coc(-c3ccccc3)n2)CC1)Nc1ccc(F)cc1. The number of rotatable bonds is 6. The van der Waals surface area contributed by atoms with Crippen molar-refractivity contribution in [1.82, 2.24) is 14.8 Å². The monoisotopic (exact) mass is 422 g/mol. The Bertz CT molecular complexity index is 1030. The van der Waals surface area contributed by atoms with Gasteiger partial charge in [0.2, 0.25) is 17.7 Å². The topological polar surface area (TPSA) is 78.7 Å². The fourth-order valence-corrected chi connectivity index (χ4v) is 3.46. The Labute approximate surface area is 179 Å². The van der Waals surface area contributed by atoms with E-state index in [0.29, 0.717) is 43.5 Å². The Morgan fingerprint density at radius 2 is 1.71 bits per heavy atom. The fourth-order valence-electron chi connectivity index (χ4n) is 3.46. The number of piperazine rings is 1. The first kappa shape index (κ1) is 20.7. The highest BCUT2D eigenvalue weighted by Gasteiger charge is 2.23. The van der Waals surface area contributed by atoms with E-state index in [1.807, 2.05) is 35.2 Å². The van der Waals surface area contributed by atoms with E-state index in [0.717, 1.165) is 5.56 Å². The van der Waals surface area contributed by atoms with Gasteiger partial charge in [-0.15, -0.1) is 0 Å². The van der Waals surface area contributed by atoms with Gasteiger partial charge in [-0.1, -0.05) is 18.2 Å². The van der Waals surface area contributed by atoms with Crippen LogP contribution in [0.3, 0.4) is 0 Å². The predicted octanol–water partition coefficient (Wildman–Crippen LogP) is 2.81. The minimum atomic E-state index is -0.347. The minimum absolute atomic E-state index is 0.0108. The van der Waals surface area contributed by atoms with Crippen LogP contribution in [-0.4, -0.2) is 59.3 Å². The van der Waals surface area contributed by atoms with Crippen LogP contribution < -0.4 is 5.32 Å². The largest absolute Gasteiger partial charge is 0.444 e. The summed E-state index contributed by atoms with van der Waals surface area (Å²) in [7, 11) is 0. The van der Waals surface area contributed by atoms with Gasteiger partial charge in [0.15, 0.2) is 0 Å². The summed E-state index contributed by atoms with van der Waals surface area (Å²) in [6, 6.07) is 15.2. The molecule has 160 valence electrons. The molecular formula is C23H23FN4O3. The number of hydrogen-bond acceptors (Lipinski definition) is 5. The molecule has 2 heterocycles. The molecule has 0 spiro atoms. The Morgan fingerprint density at radius 3 is 2.42 bits per heavy atom. The van der Waals surface area contributed by atoms with Crippen molar-refractivity contribution in [3.63, 3.8) is 0 Å². The van der Waals surface area contributed by atoms with Crippen LogP contribution in [0.25, 0.3) is 11.5 Å². The van der Waals surface area contributed by atoms with Crippen molar-refractivity contribution in [3.8, 4) is 11.5 Å². The van der Waals surface area contributed by atoms with E-state index in [4.69, 9.17) is 4.42 Å². The molecule has 0 radical (unpaired) electrons. The summed E-state index contributed by atoms with van der Waals surface area (Å²) in [5.74, 6) is -0.0215. The van der Waals surface area contributed by atoms with E-state index in [9.17, 15) is 14.0 Å². The van der Waals surface area contributed by atoms with E-state index in [1.54, 1.807) is 4.90 Å². The Morgan fingerprint density at radius 1 is 1.00 bits per heavy atom. The second-order valence-corrected chi connectivity index (χ2v) is 7.40. The molecule has 0 aliphatic carbocycles. The number of halogens is 1. The van der Waals surface area contributed by atoms with Crippen molar-refractivity contribution in [2.45, 2.75) is 6.42 Å². The number of benzene rings is 2. The third-order valence-electron chi connectivity index (χ3n) is 5.13. The van der Waals surface area contributed by atoms with Crippen LogP contribution in [0.15, 0.2) is 65.3 Å². The minimum Gasteiger partial charge on any atom is -0.444 e. The maximum absolute atomic E-state index is 13.0. The number of nitrogens with one attached hydrogen (secondary N) is 1. The summed E-state index contributed by atoms with van der Waals surface area (Å²) in [5.41, 5.74) is 2.03. The fraction of sp³-hybridized carbons (Fsp3) is 0.261. The van der Waals surface area contributed by atoms with Gasteiger partial charge in [0.1, 0.15) is 12.1 Å². The molecule has 0 unspecified atom stereocenters. The van der Waals surface area contributed by atoms with Crippen molar-refractivity contribution < 1.29 is 18.4 Å². The zero-order valence-electron chi connectivity index (χ0n) is 17.0. The van der Waals surface area contributed by atoms with Crippen molar-refractivity contribution in [2.24, 2.45) is 0 Å². The van der Waals surface area contributed by atoms with Gasteiger partial charge in [-0.05, 0) is 36.4 Å². The summed E-state index contributed by atoms with van der Waals surface area (Å²) >= 11 is 0. The summed E-state index contributed by atoms with van der Waals surface area (Å²) in [6.07, 6.45) is 1.71. The quantitative estimate of drug-likeness (QED) is 0.661. The zero-order valence-corrected chi connectivity index (χ0v) is 17.0. The van der Waals surface area contributed by atoms with Crippen molar-refractivity contribution in [3.05, 3.63) is 72.4 Å². The first-order valence-electron chi connectivity index (χ1n) is 10.1. The van der Waals surface area contributed by atoms with Gasteiger partial charge in [0.05, 0.1) is 18.7 Å². The third kappa shape index (κ3) is 5.55. The molecule has 1 saturated heterocycles. The van der Waals surface area contributed by atoms with Crippen LogP contribution in [0.4, 0.5) is 10.1 Å². The molecule has 0 saturated carbocycles. The first-order chi connectivity index (χ1) is 15.1. The maximum Gasteiger partial charge on any atom is 0.238 e. The number of amides is 2. The highest BCUT2D eigenvalue weighted by molar-refractivity contribution is 5.92. The molecule has 1 N–H and O–H groups in total. The highest BCUT2D eigenvalue weighted by Crippen LogP contribution is 2.18. The van der Waals surface area contributed by atoms with Crippen molar-refractivity contribution in [1.29, 1.82) is 0 Å². The Kier molecular flexibility index (Phi) is 6.37. The number of carbonyl (C=O) groups excluding carboxylic acids is 2. The average Bonchev–Trinajstić information content (AvgIpc) is 3.25. The molecule has 31 heavy (non-hydrogen) atoms. The number of carbonyl (C=O) groups is 2. The molecule has 2 aromatic carbocycles. The smallest absolute Gasteiger partial charge is 0.238 e. The lowest BCUT2D eigenvalue weighted by Crippen LogP contribution is -2.50. The van der Waals surface area contributed by atoms with Crippen LogP contribution in [0.1, 0.15) is 5.69 Å². The summed E-state index contributed by atoms with van der Waals surface area (Å²) in [4.78, 5) is 33.0. The number of aromatic nitrogens is 1. The van der Waals surface area contributed by atoms with Crippen LogP contribution in [-0.2, 0) is 16.0 Å². The summed E-state index contributed by atoms with van der Waals surface area (Å²) in [6.45, 7) is 2.54. The number of oxazole rings is 1. The van der Waals surface area contributed by atoms with E-state index in [-0.39, 0.29) is 30.6 Å². The van der Waals surface area contributed by atoms with Crippen LogP contribution >= 0.6 is 0 Å². The Balaban J connectivity index is 1.23. The van der Waals surface area contributed by atoms with Gasteiger partial charge >= 0.3 is 0 Å². The molecule has 3 aromatic rings. The summed E-state index contributed by atoms with van der Waals surface area (Å²) < 4.78 is 18.5. The number of nitrogens with zero attached hydrogens (tertiary/aromatic N) is 3. The van der Waals surface area contributed by atoms with E-state index in [2.05, 4.69) is 10.3 Å². The summed E-state index contributed by atoms with van der Waals surface area (Å²) in [5, 5.41) is 2.75. The molecule has 1 aromatic heterocycles. The molecular weight excluding hydrogens is 399 g/mol. The lowest BCUT2D eigenvalue weighted by atomic mass is 10.2. The molecule has 1 fully saturated rings. The second-order valence-electron chi connectivity index (χ2n) is 7.40. The third-order valence-corrected chi connectivity index (χ3v) is 5.13. The van der Waals surface area contributed by atoms with Gasteiger partial charge in [0.25, 0.3) is 0 Å². The molecule has 8 heteroatoms. The average molecular weight is 422 g/mol. The van der Waals surface area contributed by atoms with Gasteiger partial charge in [0, 0.05) is 37.4 Å². The molecule has 1 aliphatic heterocycles. The highest BCUT2D eigenvalue weighted by atomic mass is 19.1. The van der Waals surface area contributed by atoms with Crippen LogP contribution in [0.2, 0.25) is 0 Å². The van der Waals surface area contributed by atoms with Crippen LogP contribution in [0, 0.1) is 5.82 Å². The van der Waals surface area contributed by atoms with Gasteiger partial charge in [-0.25, -0.2) is 9.37 Å². The molecule has 7 nitrogen and oxygen atoms in total. The second kappa shape index (κ2) is 9.53. The van der Waals surface area contributed by atoms with Crippen molar-refractivity contribution >= 4 is 17.5 Å². The standard InChI is InChI=1S/C23H23FN4O3/c24-18-6-8-19(9-7-18)25-21(29)15-27-10-12-28(13-11-27)22(30)14-20-16-31-23(26-20)17-4-2-1-3-5-17/h1-9,16H,10-15H2,(H,25,29). The van der Waals surface area contributed by atoms with Gasteiger partial charge in [-0.2, -0.15) is 0 Å². The van der Waals surface area contributed by atoms with Crippen molar-refractivity contribution in [2.75, 3.05) is 38.0 Å². The number of hydrogen-bond donors (Lipinski definition) is 1. The number of anilines is 1. The van der Waals surface area contributed by atoms with E-state index < -0.39 is 0 Å². The molecule has 0 atom stereocenters. The maximum atomic E-state index is 13.0. The molecule has 1 aliphatic rings. The van der Waals surface area contributed by atoms with Gasteiger partial charge in [-0.3, -0.25) is 14.5 Å². The molecule has 4 rings (SSSR count). The lowest BCUT2D eigenvalue weighted by molar-refractivity contribution is -0.132. The normalized spacial score (nSPS) is 14.4.